The Bertz CT molecular complexity index is 767. The Morgan fingerprint density at radius 1 is 1.25 bits per heavy atom. The number of aryl methyl sites for hydroxylation is 2. The molecule has 0 fully saturated rings. The van der Waals surface area contributed by atoms with Gasteiger partial charge in [-0.25, -0.2) is 9.97 Å². The van der Waals surface area contributed by atoms with E-state index in [2.05, 4.69) is 28.3 Å². The minimum absolute atomic E-state index is 0.225. The first-order valence-electron chi connectivity index (χ1n) is 6.47. The molecule has 20 heavy (non-hydrogen) atoms. The van der Waals surface area contributed by atoms with Gasteiger partial charge in [0.25, 0.3) is 0 Å². The van der Waals surface area contributed by atoms with E-state index in [1.54, 1.807) is 23.7 Å². The van der Waals surface area contributed by atoms with Crippen molar-refractivity contribution >= 4 is 33.1 Å². The van der Waals surface area contributed by atoms with Crippen LogP contribution in [0.15, 0.2) is 30.6 Å². The summed E-state index contributed by atoms with van der Waals surface area (Å²) in [5, 5.41) is 14.2. The number of benzene rings is 1. The Morgan fingerprint density at radius 2 is 2.10 bits per heavy atom. The van der Waals surface area contributed by atoms with Crippen LogP contribution in [0.25, 0.3) is 10.2 Å². The third-order valence-corrected chi connectivity index (χ3v) is 4.32. The highest BCUT2D eigenvalue weighted by molar-refractivity contribution is 7.18. The number of hydrogen-bond donors (Lipinski definition) is 2. The Kier molecular flexibility index (Phi) is 3.28. The lowest BCUT2D eigenvalue weighted by Crippen LogP contribution is -1.95. The molecule has 1 aromatic carbocycles. The second-order valence-corrected chi connectivity index (χ2v) is 5.77. The summed E-state index contributed by atoms with van der Waals surface area (Å²) in [6.45, 7) is 4.07. The van der Waals surface area contributed by atoms with Gasteiger partial charge in [-0.1, -0.05) is 13.0 Å². The van der Waals surface area contributed by atoms with Gasteiger partial charge in [0.2, 0.25) is 0 Å². The third-order valence-electron chi connectivity index (χ3n) is 3.14. The summed E-state index contributed by atoms with van der Waals surface area (Å²) in [4.78, 5) is 10.8. The second kappa shape index (κ2) is 5.09. The lowest BCUT2D eigenvalue weighted by molar-refractivity contribution is 0.477. The van der Waals surface area contributed by atoms with Gasteiger partial charge in [0, 0.05) is 4.88 Å². The number of fused-ring (bicyclic) bond motifs is 1. The number of thiophene rings is 1. The SMILES string of the molecule is CCc1cc2c(Nc3ccc(C)cc3O)ncnc2s1. The summed E-state index contributed by atoms with van der Waals surface area (Å²) < 4.78 is 0. The molecule has 0 aliphatic rings. The first-order chi connectivity index (χ1) is 9.67. The molecule has 0 radical (unpaired) electrons. The average molecular weight is 285 g/mol. The van der Waals surface area contributed by atoms with Gasteiger partial charge in [0.15, 0.2) is 0 Å². The third kappa shape index (κ3) is 2.32. The first-order valence-corrected chi connectivity index (χ1v) is 7.29. The number of hydrogen-bond acceptors (Lipinski definition) is 5. The lowest BCUT2D eigenvalue weighted by atomic mass is 10.2. The van der Waals surface area contributed by atoms with Crippen molar-refractivity contribution in [3.05, 3.63) is 41.0 Å². The van der Waals surface area contributed by atoms with E-state index < -0.39 is 0 Å². The lowest BCUT2D eigenvalue weighted by Gasteiger charge is -2.08. The second-order valence-electron chi connectivity index (χ2n) is 4.65. The zero-order valence-electron chi connectivity index (χ0n) is 11.3. The Balaban J connectivity index is 2.03. The van der Waals surface area contributed by atoms with Gasteiger partial charge in [0.05, 0.1) is 11.1 Å². The van der Waals surface area contributed by atoms with Crippen molar-refractivity contribution in [2.75, 3.05) is 5.32 Å². The fourth-order valence-corrected chi connectivity index (χ4v) is 2.99. The quantitative estimate of drug-likeness (QED) is 0.714. The van der Waals surface area contributed by atoms with Crippen LogP contribution in [0.5, 0.6) is 5.75 Å². The van der Waals surface area contributed by atoms with Crippen LogP contribution in [0.3, 0.4) is 0 Å². The molecule has 3 rings (SSSR count). The molecule has 2 N–H and O–H groups in total. The molecule has 0 aliphatic heterocycles. The highest BCUT2D eigenvalue weighted by Gasteiger charge is 2.09. The van der Waals surface area contributed by atoms with E-state index in [9.17, 15) is 5.11 Å². The summed E-state index contributed by atoms with van der Waals surface area (Å²) in [7, 11) is 0. The molecule has 4 nitrogen and oxygen atoms in total. The van der Waals surface area contributed by atoms with E-state index >= 15 is 0 Å². The number of anilines is 2. The predicted molar refractivity (Wildman–Crippen MR) is 82.9 cm³/mol. The van der Waals surface area contributed by atoms with Crippen LogP contribution >= 0.6 is 11.3 Å². The zero-order valence-corrected chi connectivity index (χ0v) is 12.2. The number of aromatic nitrogens is 2. The Hall–Kier alpha value is -2.14. The summed E-state index contributed by atoms with van der Waals surface area (Å²) in [6, 6.07) is 7.64. The van der Waals surface area contributed by atoms with Crippen LogP contribution in [0, 0.1) is 6.92 Å². The van der Waals surface area contributed by atoms with E-state index in [0.29, 0.717) is 5.69 Å². The number of phenols is 1. The highest BCUT2D eigenvalue weighted by atomic mass is 32.1. The normalized spacial score (nSPS) is 10.9. The van der Waals surface area contributed by atoms with Gasteiger partial charge in [-0.05, 0) is 37.1 Å². The Labute approximate surface area is 121 Å². The minimum atomic E-state index is 0.225. The van der Waals surface area contributed by atoms with Gasteiger partial charge in [-0.15, -0.1) is 11.3 Å². The van der Waals surface area contributed by atoms with Crippen molar-refractivity contribution in [1.82, 2.24) is 9.97 Å². The van der Waals surface area contributed by atoms with Crippen molar-refractivity contribution in [2.45, 2.75) is 20.3 Å². The number of phenolic OH excluding ortho intramolecular Hbond substituents is 1. The fourth-order valence-electron chi connectivity index (χ4n) is 2.05. The van der Waals surface area contributed by atoms with E-state index in [0.717, 1.165) is 28.0 Å². The smallest absolute Gasteiger partial charge is 0.142 e. The largest absolute Gasteiger partial charge is 0.506 e. The van der Waals surface area contributed by atoms with Crippen molar-refractivity contribution in [1.29, 1.82) is 0 Å². The molecule has 0 aliphatic carbocycles. The maximum Gasteiger partial charge on any atom is 0.142 e. The number of nitrogens with zero attached hydrogens (tertiary/aromatic N) is 2. The molecule has 0 amide bonds. The average Bonchev–Trinajstić information content (AvgIpc) is 2.86. The monoisotopic (exact) mass is 285 g/mol. The van der Waals surface area contributed by atoms with Gasteiger partial charge in [-0.2, -0.15) is 0 Å². The van der Waals surface area contributed by atoms with Crippen LogP contribution in [-0.4, -0.2) is 15.1 Å². The van der Waals surface area contributed by atoms with Crippen LogP contribution in [-0.2, 0) is 6.42 Å². The molecule has 0 spiro atoms. The summed E-state index contributed by atoms with van der Waals surface area (Å²) in [5.74, 6) is 0.952. The predicted octanol–water partition coefficient (Wildman–Crippen LogP) is 4.01. The maximum atomic E-state index is 9.97. The number of nitrogens with one attached hydrogen (secondary N) is 1. The maximum absolute atomic E-state index is 9.97. The van der Waals surface area contributed by atoms with Crippen LogP contribution < -0.4 is 5.32 Å². The number of aromatic hydroxyl groups is 1. The topological polar surface area (TPSA) is 58.0 Å². The van der Waals surface area contributed by atoms with E-state index in [4.69, 9.17) is 0 Å². The van der Waals surface area contributed by atoms with Gasteiger partial charge in [0.1, 0.15) is 22.7 Å². The van der Waals surface area contributed by atoms with Crippen LogP contribution in [0.2, 0.25) is 0 Å². The van der Waals surface area contributed by atoms with E-state index in [-0.39, 0.29) is 5.75 Å². The van der Waals surface area contributed by atoms with Crippen molar-refractivity contribution < 1.29 is 5.11 Å². The first kappa shape index (κ1) is 12.9. The Morgan fingerprint density at radius 3 is 2.85 bits per heavy atom. The minimum Gasteiger partial charge on any atom is -0.506 e. The molecule has 0 bridgehead atoms. The van der Waals surface area contributed by atoms with Gasteiger partial charge in [-0.3, -0.25) is 0 Å². The molecule has 0 saturated carbocycles. The van der Waals surface area contributed by atoms with Gasteiger partial charge >= 0.3 is 0 Å². The number of rotatable bonds is 3. The van der Waals surface area contributed by atoms with Crippen molar-refractivity contribution in [3.63, 3.8) is 0 Å². The summed E-state index contributed by atoms with van der Waals surface area (Å²) in [6.07, 6.45) is 2.53. The summed E-state index contributed by atoms with van der Waals surface area (Å²) in [5.41, 5.74) is 1.67. The molecular weight excluding hydrogens is 270 g/mol. The standard InChI is InChI=1S/C15H15N3OS/c1-3-10-7-11-14(16-8-17-15(11)20-10)18-12-5-4-9(2)6-13(12)19/h4-8,19H,3H2,1-2H3,(H,16,17,18). The van der Waals surface area contributed by atoms with Crippen LogP contribution in [0.4, 0.5) is 11.5 Å². The molecule has 0 saturated heterocycles. The zero-order chi connectivity index (χ0) is 14.1. The molecule has 2 aromatic heterocycles. The van der Waals surface area contributed by atoms with Gasteiger partial charge < -0.3 is 10.4 Å². The fraction of sp³-hybridized carbons (Fsp3) is 0.200. The molecule has 0 atom stereocenters. The van der Waals surface area contributed by atoms with Crippen molar-refractivity contribution in [3.8, 4) is 5.75 Å². The molecule has 102 valence electrons. The summed E-state index contributed by atoms with van der Waals surface area (Å²) >= 11 is 1.68. The molecular formula is C15H15N3OS. The van der Waals surface area contributed by atoms with Crippen molar-refractivity contribution in [2.24, 2.45) is 0 Å². The molecule has 3 aromatic rings. The highest BCUT2D eigenvalue weighted by Crippen LogP contribution is 2.32. The molecule has 5 heteroatoms. The molecule has 0 unspecified atom stereocenters. The van der Waals surface area contributed by atoms with E-state index in [1.807, 2.05) is 19.1 Å². The van der Waals surface area contributed by atoms with Crippen LogP contribution in [0.1, 0.15) is 17.4 Å². The van der Waals surface area contributed by atoms with E-state index in [1.165, 1.54) is 4.88 Å². The molecule has 2 heterocycles.